The maximum Gasteiger partial charge on any atom is 0.338 e. The predicted octanol–water partition coefficient (Wildman–Crippen LogP) is 3.36. The summed E-state index contributed by atoms with van der Waals surface area (Å²) in [4.78, 5) is 24.9. The number of hydrogen-bond acceptors (Lipinski definition) is 6. The molecule has 1 N–H and O–H groups in total. The molecule has 2 aromatic carbocycles. The summed E-state index contributed by atoms with van der Waals surface area (Å²) in [5.74, 6) is -1.35. The number of benzene rings is 2. The minimum atomic E-state index is -1.95. The summed E-state index contributed by atoms with van der Waals surface area (Å²) in [5.41, 5.74) is 4.15. The van der Waals surface area contributed by atoms with E-state index >= 15 is 0 Å². The van der Waals surface area contributed by atoms with E-state index in [1.165, 1.54) is 0 Å². The van der Waals surface area contributed by atoms with Crippen LogP contribution >= 0.6 is 0 Å². The Labute approximate surface area is 174 Å². The van der Waals surface area contributed by atoms with Crippen LogP contribution in [0.3, 0.4) is 0 Å². The van der Waals surface area contributed by atoms with E-state index in [1.54, 1.807) is 24.3 Å². The summed E-state index contributed by atoms with van der Waals surface area (Å²) in [6.45, 7) is 7.01. The van der Waals surface area contributed by atoms with Crippen LogP contribution in [0, 0.1) is 27.7 Å². The van der Waals surface area contributed by atoms with Gasteiger partial charge < -0.3 is 19.3 Å². The predicted molar refractivity (Wildman–Crippen MR) is 107 cm³/mol. The fourth-order valence-corrected chi connectivity index (χ4v) is 3.59. The molecule has 0 bridgehead atoms. The molecule has 0 saturated carbocycles. The van der Waals surface area contributed by atoms with Crippen molar-refractivity contribution in [3.63, 3.8) is 0 Å². The molecule has 1 aliphatic heterocycles. The third kappa shape index (κ3) is 5.04. The van der Waals surface area contributed by atoms with Crippen LogP contribution in [0.2, 0.25) is 0 Å². The van der Waals surface area contributed by atoms with Crippen molar-refractivity contribution in [2.75, 3.05) is 6.61 Å². The van der Waals surface area contributed by atoms with Gasteiger partial charge >= 0.3 is 11.9 Å². The smallest absolute Gasteiger partial charge is 0.338 e. The van der Waals surface area contributed by atoms with Crippen LogP contribution < -0.4 is 0 Å². The van der Waals surface area contributed by atoms with Gasteiger partial charge in [-0.3, -0.25) is 0 Å². The molecule has 160 valence electrons. The van der Waals surface area contributed by atoms with Crippen LogP contribution in [-0.2, 0) is 14.2 Å². The summed E-state index contributed by atoms with van der Waals surface area (Å²) in [6, 6.07) is 10.4. The average molecular weight is 416 g/mol. The zero-order valence-corrected chi connectivity index (χ0v) is 17.3. The second-order valence-corrected chi connectivity index (χ2v) is 7.73. The van der Waals surface area contributed by atoms with Crippen LogP contribution in [0.25, 0.3) is 0 Å². The van der Waals surface area contributed by atoms with Crippen molar-refractivity contribution in [1.82, 2.24) is 0 Å². The number of aliphatic hydroxyl groups excluding tert-OH is 1. The summed E-state index contributed by atoms with van der Waals surface area (Å²) in [5, 5.41) is 9.74. The van der Waals surface area contributed by atoms with Crippen LogP contribution in [0.1, 0.15) is 43.0 Å². The Kier molecular flexibility index (Phi) is 6.53. The van der Waals surface area contributed by atoms with Crippen molar-refractivity contribution in [1.29, 1.82) is 0 Å². The van der Waals surface area contributed by atoms with Crippen LogP contribution in [0.15, 0.2) is 36.4 Å². The molecule has 4 atom stereocenters. The number of ether oxygens (including phenoxy) is 3. The minimum absolute atomic E-state index is 0.270. The average Bonchev–Trinajstić information content (AvgIpc) is 2.92. The Bertz CT molecular complexity index is 916. The Morgan fingerprint density at radius 2 is 1.37 bits per heavy atom. The zero-order chi connectivity index (χ0) is 22.0. The van der Waals surface area contributed by atoms with Gasteiger partial charge in [0.05, 0.1) is 11.1 Å². The van der Waals surface area contributed by atoms with Crippen molar-refractivity contribution < 1.29 is 33.3 Å². The Balaban J connectivity index is 1.69. The summed E-state index contributed by atoms with van der Waals surface area (Å²) in [6.07, 6.45) is -6.25. The summed E-state index contributed by atoms with van der Waals surface area (Å²) in [7, 11) is 0. The molecule has 6 nitrogen and oxygen atoms in total. The molecule has 0 spiro atoms. The highest BCUT2D eigenvalue weighted by Crippen LogP contribution is 2.27. The molecule has 1 heterocycles. The number of aryl methyl sites for hydroxylation is 4. The van der Waals surface area contributed by atoms with Gasteiger partial charge in [-0.1, -0.05) is 34.4 Å². The first-order valence-electron chi connectivity index (χ1n) is 9.66. The molecule has 30 heavy (non-hydrogen) atoms. The fourth-order valence-electron chi connectivity index (χ4n) is 3.59. The maximum atomic E-state index is 14.4. The number of rotatable bonds is 5. The molecule has 2 aromatic rings. The molecule has 0 radical (unpaired) electrons. The third-order valence-corrected chi connectivity index (χ3v) is 4.80. The van der Waals surface area contributed by atoms with E-state index in [-0.39, 0.29) is 12.2 Å². The van der Waals surface area contributed by atoms with Gasteiger partial charge in [0.1, 0.15) is 12.7 Å². The van der Waals surface area contributed by atoms with E-state index in [0.717, 1.165) is 22.3 Å². The van der Waals surface area contributed by atoms with Gasteiger partial charge in [-0.25, -0.2) is 14.0 Å². The largest absolute Gasteiger partial charge is 0.459 e. The van der Waals surface area contributed by atoms with Crippen molar-refractivity contribution in [3.05, 3.63) is 69.8 Å². The highest BCUT2D eigenvalue weighted by atomic mass is 19.1. The SMILES string of the molecule is Cc1cc(C)cc(C(=O)OC[C@H]2OC(O)[C@@H](F)[C@@H]2OC(=O)c2cc(C)cc(C)c2)c1. The number of esters is 2. The van der Waals surface area contributed by atoms with Crippen LogP contribution in [0.4, 0.5) is 4.39 Å². The van der Waals surface area contributed by atoms with Gasteiger partial charge in [-0.15, -0.1) is 0 Å². The highest BCUT2D eigenvalue weighted by Gasteiger charge is 2.47. The lowest BCUT2D eigenvalue weighted by Crippen LogP contribution is -2.37. The number of hydrogen-bond donors (Lipinski definition) is 1. The first kappa shape index (κ1) is 21.9. The van der Waals surface area contributed by atoms with Gasteiger partial charge in [0.25, 0.3) is 0 Å². The van der Waals surface area contributed by atoms with E-state index < -0.39 is 36.6 Å². The fraction of sp³-hybridized carbons (Fsp3) is 0.391. The van der Waals surface area contributed by atoms with E-state index in [9.17, 15) is 19.1 Å². The van der Waals surface area contributed by atoms with Crippen LogP contribution in [0.5, 0.6) is 0 Å². The van der Waals surface area contributed by atoms with Crippen molar-refractivity contribution in [2.24, 2.45) is 0 Å². The number of aliphatic hydroxyl groups is 1. The minimum Gasteiger partial charge on any atom is -0.459 e. The first-order valence-corrected chi connectivity index (χ1v) is 9.66. The number of alkyl halides is 1. The third-order valence-electron chi connectivity index (χ3n) is 4.80. The summed E-state index contributed by atoms with van der Waals surface area (Å²) >= 11 is 0. The van der Waals surface area contributed by atoms with Gasteiger partial charge in [0.2, 0.25) is 0 Å². The maximum absolute atomic E-state index is 14.4. The highest BCUT2D eigenvalue weighted by molar-refractivity contribution is 5.90. The zero-order valence-electron chi connectivity index (χ0n) is 17.3. The lowest BCUT2D eigenvalue weighted by Gasteiger charge is -2.20. The second kappa shape index (κ2) is 8.93. The van der Waals surface area contributed by atoms with E-state index in [0.29, 0.717) is 5.56 Å². The molecule has 1 saturated heterocycles. The Morgan fingerprint density at radius 3 is 1.87 bits per heavy atom. The first-order chi connectivity index (χ1) is 14.1. The lowest BCUT2D eigenvalue weighted by atomic mass is 10.1. The molecule has 1 fully saturated rings. The number of carbonyl (C=O) groups is 2. The number of carbonyl (C=O) groups excluding carboxylic acids is 2. The molecule has 1 unspecified atom stereocenters. The van der Waals surface area contributed by atoms with Crippen molar-refractivity contribution in [3.8, 4) is 0 Å². The van der Waals surface area contributed by atoms with Gasteiger partial charge in [0.15, 0.2) is 18.6 Å². The molecule has 3 rings (SSSR count). The van der Waals surface area contributed by atoms with E-state index in [4.69, 9.17) is 14.2 Å². The van der Waals surface area contributed by atoms with Gasteiger partial charge in [0, 0.05) is 0 Å². The summed E-state index contributed by atoms with van der Waals surface area (Å²) < 4.78 is 30.1. The second-order valence-electron chi connectivity index (χ2n) is 7.73. The molecule has 7 heteroatoms. The van der Waals surface area contributed by atoms with E-state index in [1.807, 2.05) is 39.8 Å². The molecule has 0 aliphatic carbocycles. The van der Waals surface area contributed by atoms with Gasteiger partial charge in [-0.05, 0) is 52.0 Å². The normalized spacial score (nSPS) is 23.3. The van der Waals surface area contributed by atoms with Gasteiger partial charge in [-0.2, -0.15) is 0 Å². The van der Waals surface area contributed by atoms with E-state index in [2.05, 4.69) is 0 Å². The van der Waals surface area contributed by atoms with Crippen molar-refractivity contribution >= 4 is 11.9 Å². The lowest BCUT2D eigenvalue weighted by molar-refractivity contribution is -0.122. The Hall–Kier alpha value is -2.77. The van der Waals surface area contributed by atoms with Crippen LogP contribution in [-0.4, -0.2) is 48.3 Å². The quantitative estimate of drug-likeness (QED) is 0.753. The van der Waals surface area contributed by atoms with Crippen molar-refractivity contribution in [2.45, 2.75) is 52.4 Å². The molecule has 1 aliphatic rings. The standard InChI is InChI=1S/C23H25FO6/c1-12-5-13(2)8-16(7-12)21(25)28-11-18-20(19(24)23(27)29-18)30-22(26)17-9-14(3)6-15(4)10-17/h5-10,18-20,23,27H,11H2,1-4H3/t18-,19+,20-,23?/m1/s1. The molecular weight excluding hydrogens is 391 g/mol. The topological polar surface area (TPSA) is 82.1 Å². The Morgan fingerprint density at radius 1 is 0.900 bits per heavy atom. The molecular formula is C23H25FO6. The molecule has 0 aromatic heterocycles. The molecule has 0 amide bonds. The monoisotopic (exact) mass is 416 g/mol. The number of halogens is 1.